The molecule has 0 aliphatic rings. The van der Waals surface area contributed by atoms with Crippen LogP contribution in [0.5, 0.6) is 0 Å². The van der Waals surface area contributed by atoms with Gasteiger partial charge in [0.2, 0.25) is 5.22 Å². The zero-order valence-electron chi connectivity index (χ0n) is 7.79. The van der Waals surface area contributed by atoms with Crippen LogP contribution in [0.25, 0.3) is 0 Å². The maximum absolute atomic E-state index is 11.5. The molecule has 78 valence electrons. The van der Waals surface area contributed by atoms with Crippen molar-refractivity contribution in [2.24, 2.45) is 0 Å². The van der Waals surface area contributed by atoms with Gasteiger partial charge in [0.05, 0.1) is 11.8 Å². The van der Waals surface area contributed by atoms with E-state index in [4.69, 9.17) is 21.1 Å². The summed E-state index contributed by atoms with van der Waals surface area (Å²) < 4.78 is 4.78. The van der Waals surface area contributed by atoms with E-state index in [-0.39, 0.29) is 23.8 Å². The first-order valence-corrected chi connectivity index (χ1v) is 4.67. The molecule has 0 saturated carbocycles. The smallest absolute Gasteiger partial charge is 0.256 e. The highest BCUT2D eigenvalue weighted by Crippen LogP contribution is 2.16. The summed E-state index contributed by atoms with van der Waals surface area (Å²) in [6.07, 6.45) is 1.87. The highest BCUT2D eigenvalue weighted by Gasteiger charge is 2.14. The molecule has 0 radical (unpaired) electrons. The van der Waals surface area contributed by atoms with E-state index in [0.29, 0.717) is 12.0 Å². The fourth-order valence-electron chi connectivity index (χ4n) is 1.02. The van der Waals surface area contributed by atoms with Crippen LogP contribution in [-0.2, 0) is 0 Å². The monoisotopic (exact) mass is 217 g/mol. The molecule has 0 spiro atoms. The molecule has 1 aromatic heterocycles. The van der Waals surface area contributed by atoms with Crippen molar-refractivity contribution in [1.82, 2.24) is 5.32 Å². The zero-order chi connectivity index (χ0) is 10.6. The Kier molecular flexibility index (Phi) is 3.98. The van der Waals surface area contributed by atoms with Crippen molar-refractivity contribution < 1.29 is 14.3 Å². The quantitative estimate of drug-likeness (QED) is 0.802. The largest absolute Gasteiger partial charge is 0.452 e. The van der Waals surface area contributed by atoms with Gasteiger partial charge < -0.3 is 14.8 Å². The van der Waals surface area contributed by atoms with Gasteiger partial charge >= 0.3 is 0 Å². The van der Waals surface area contributed by atoms with Gasteiger partial charge in [-0.25, -0.2) is 0 Å². The van der Waals surface area contributed by atoms with Gasteiger partial charge in [-0.15, -0.1) is 0 Å². The van der Waals surface area contributed by atoms with Crippen LogP contribution in [0.2, 0.25) is 5.22 Å². The van der Waals surface area contributed by atoms with Crippen LogP contribution in [0.4, 0.5) is 0 Å². The predicted octanol–water partition coefficient (Wildman–Crippen LogP) is 1.43. The SMILES string of the molecule is CC(CCO)NC(=O)c1ccoc1Cl. The van der Waals surface area contributed by atoms with E-state index >= 15 is 0 Å². The van der Waals surface area contributed by atoms with Crippen LogP contribution in [0.15, 0.2) is 16.7 Å². The molecule has 0 fully saturated rings. The van der Waals surface area contributed by atoms with Crippen molar-refractivity contribution in [1.29, 1.82) is 0 Å². The lowest BCUT2D eigenvalue weighted by Gasteiger charge is -2.11. The van der Waals surface area contributed by atoms with Crippen LogP contribution in [-0.4, -0.2) is 23.7 Å². The first-order valence-electron chi connectivity index (χ1n) is 4.30. The Morgan fingerprint density at radius 2 is 2.50 bits per heavy atom. The summed E-state index contributed by atoms with van der Waals surface area (Å²) in [5.74, 6) is -0.287. The Hall–Kier alpha value is -1.00. The lowest BCUT2D eigenvalue weighted by Crippen LogP contribution is -2.33. The molecule has 5 heteroatoms. The number of carbonyl (C=O) groups is 1. The summed E-state index contributed by atoms with van der Waals surface area (Å²) in [5, 5.41) is 11.4. The maximum atomic E-state index is 11.5. The zero-order valence-corrected chi connectivity index (χ0v) is 8.54. The topological polar surface area (TPSA) is 62.5 Å². The van der Waals surface area contributed by atoms with Crippen molar-refractivity contribution in [3.63, 3.8) is 0 Å². The average molecular weight is 218 g/mol. The Morgan fingerprint density at radius 3 is 3.00 bits per heavy atom. The molecule has 0 bridgehead atoms. The van der Waals surface area contributed by atoms with E-state index in [1.54, 1.807) is 0 Å². The van der Waals surface area contributed by atoms with E-state index in [0.717, 1.165) is 0 Å². The van der Waals surface area contributed by atoms with Crippen LogP contribution in [0, 0.1) is 0 Å². The number of halogens is 1. The molecule has 1 amide bonds. The number of furan rings is 1. The van der Waals surface area contributed by atoms with Crippen LogP contribution in [0.1, 0.15) is 23.7 Å². The molecule has 1 aromatic rings. The number of hydrogen-bond acceptors (Lipinski definition) is 3. The van der Waals surface area contributed by atoms with Gasteiger partial charge in [0.1, 0.15) is 0 Å². The highest BCUT2D eigenvalue weighted by atomic mass is 35.5. The normalized spacial score (nSPS) is 12.5. The molecule has 0 saturated heterocycles. The number of carbonyl (C=O) groups excluding carboxylic acids is 1. The van der Waals surface area contributed by atoms with E-state index in [1.165, 1.54) is 12.3 Å². The summed E-state index contributed by atoms with van der Waals surface area (Å²) in [6.45, 7) is 1.85. The third-order valence-electron chi connectivity index (χ3n) is 1.80. The number of rotatable bonds is 4. The van der Waals surface area contributed by atoms with Gasteiger partial charge in [-0.05, 0) is 31.0 Å². The first kappa shape index (κ1) is 11.1. The molecule has 0 aliphatic heterocycles. The molecule has 1 rings (SSSR count). The second kappa shape index (κ2) is 5.02. The molecule has 4 nitrogen and oxygen atoms in total. The Labute approximate surface area is 86.9 Å². The van der Waals surface area contributed by atoms with Crippen molar-refractivity contribution >= 4 is 17.5 Å². The molecule has 0 aromatic carbocycles. The fraction of sp³-hybridized carbons (Fsp3) is 0.444. The van der Waals surface area contributed by atoms with Gasteiger partial charge in [-0.1, -0.05) is 0 Å². The molecule has 1 atom stereocenters. The summed E-state index contributed by atoms with van der Waals surface area (Å²) in [5.41, 5.74) is 0.316. The molecular weight excluding hydrogens is 206 g/mol. The molecular formula is C9H12ClNO3. The number of aliphatic hydroxyl groups excluding tert-OH is 1. The lowest BCUT2D eigenvalue weighted by molar-refractivity contribution is 0.0934. The molecule has 1 heterocycles. The number of nitrogens with one attached hydrogen (secondary N) is 1. The fourth-order valence-corrected chi connectivity index (χ4v) is 1.22. The van der Waals surface area contributed by atoms with Crippen molar-refractivity contribution in [2.45, 2.75) is 19.4 Å². The summed E-state index contributed by atoms with van der Waals surface area (Å²) in [7, 11) is 0. The highest BCUT2D eigenvalue weighted by molar-refractivity contribution is 6.32. The third-order valence-corrected chi connectivity index (χ3v) is 2.09. The predicted molar refractivity (Wildman–Crippen MR) is 52.3 cm³/mol. The number of amides is 1. The molecule has 2 N–H and O–H groups in total. The van der Waals surface area contributed by atoms with Gasteiger partial charge in [0.25, 0.3) is 5.91 Å². The van der Waals surface area contributed by atoms with Crippen LogP contribution < -0.4 is 5.32 Å². The molecule has 1 unspecified atom stereocenters. The van der Waals surface area contributed by atoms with E-state index < -0.39 is 0 Å². The van der Waals surface area contributed by atoms with Gasteiger partial charge in [-0.3, -0.25) is 4.79 Å². The Morgan fingerprint density at radius 1 is 1.79 bits per heavy atom. The van der Waals surface area contributed by atoms with Crippen LogP contribution >= 0.6 is 11.6 Å². The maximum Gasteiger partial charge on any atom is 0.256 e. The average Bonchev–Trinajstić information content (AvgIpc) is 2.51. The number of aliphatic hydroxyl groups is 1. The standard InChI is InChI=1S/C9H12ClNO3/c1-6(2-4-12)11-9(13)7-3-5-14-8(7)10/h3,5-6,12H,2,4H2,1H3,(H,11,13). The van der Waals surface area contributed by atoms with Crippen molar-refractivity contribution in [2.75, 3.05) is 6.61 Å². The Bertz CT molecular complexity index is 311. The van der Waals surface area contributed by atoms with Crippen LogP contribution in [0.3, 0.4) is 0 Å². The Balaban J connectivity index is 2.55. The molecule has 0 aliphatic carbocycles. The summed E-state index contributed by atoms with van der Waals surface area (Å²) in [6, 6.07) is 1.42. The van der Waals surface area contributed by atoms with Gasteiger partial charge in [-0.2, -0.15) is 0 Å². The van der Waals surface area contributed by atoms with Crippen molar-refractivity contribution in [3.05, 3.63) is 23.1 Å². The first-order chi connectivity index (χ1) is 6.65. The van der Waals surface area contributed by atoms with Gasteiger partial charge in [0.15, 0.2) is 0 Å². The molecule has 14 heavy (non-hydrogen) atoms. The summed E-state index contributed by atoms with van der Waals surface area (Å²) in [4.78, 5) is 11.5. The minimum atomic E-state index is -0.287. The second-order valence-electron chi connectivity index (χ2n) is 2.99. The minimum absolute atomic E-state index is 0.0422. The minimum Gasteiger partial charge on any atom is -0.452 e. The van der Waals surface area contributed by atoms with E-state index in [1.807, 2.05) is 6.92 Å². The lowest BCUT2D eigenvalue weighted by atomic mass is 10.2. The number of hydrogen-bond donors (Lipinski definition) is 2. The summed E-state index contributed by atoms with van der Waals surface area (Å²) >= 11 is 5.62. The second-order valence-corrected chi connectivity index (χ2v) is 3.34. The van der Waals surface area contributed by atoms with Gasteiger partial charge in [0, 0.05) is 12.6 Å². The third kappa shape index (κ3) is 2.75. The van der Waals surface area contributed by atoms with E-state index in [2.05, 4.69) is 5.32 Å². The van der Waals surface area contributed by atoms with Crippen molar-refractivity contribution in [3.8, 4) is 0 Å². The van der Waals surface area contributed by atoms with E-state index in [9.17, 15) is 4.79 Å².